The molecule has 0 atom stereocenters. The molecule has 6 aliphatic carbocycles. The number of hydrogen-bond donors (Lipinski definition) is 4. The molecule has 2 aliphatic heterocycles. The normalized spacial score (nSPS) is 21.1. The summed E-state index contributed by atoms with van der Waals surface area (Å²) in [6.07, 6.45) is 24.3. The van der Waals surface area contributed by atoms with Crippen LogP contribution in [0, 0.1) is 25.7 Å². The molecule has 2 amide bonds. The first-order chi connectivity index (χ1) is 41.8. The average Bonchev–Trinajstić information content (AvgIpc) is 1.86. The number of carboxylic acids is 1. The molecule has 2 aromatic carbocycles. The van der Waals surface area contributed by atoms with Crippen molar-refractivity contribution < 1.29 is 60.4 Å². The first-order valence-electron chi connectivity index (χ1n) is 32.1. The van der Waals surface area contributed by atoms with Gasteiger partial charge in [0.2, 0.25) is 0 Å². The van der Waals surface area contributed by atoms with Crippen LogP contribution in [0.15, 0.2) is 82.8 Å². The topological polar surface area (TPSA) is 261 Å². The smallest absolute Gasteiger partial charge is 0.309 e. The minimum atomic E-state index is -4.23. The SMILES string of the molecule is Cc1ccc(C2CCCCC2)c(OC2(C(=O)NS(=O)(=O)c3cccc(N4CCC(C(=O)O)CC4)n3)CC2)c1.Cc1ccc(C2CCCCC2)c(OC2(C(=O)NS(=O)(=O)c3cccc(N4CCC(C(=O)OC5CCCC5)CC4)n3)CC2)c1.OC1CCCC1. The third-order valence-electron chi connectivity index (χ3n) is 18.9. The number of aliphatic hydroxyl groups is 1. The van der Waals surface area contributed by atoms with Crippen molar-refractivity contribution >= 4 is 55.4 Å². The molecule has 2 aromatic heterocycles. The van der Waals surface area contributed by atoms with Gasteiger partial charge in [-0.05, 0) is 174 Å². The number of piperidine rings is 2. The Morgan fingerprint density at radius 3 is 1.29 bits per heavy atom. The number of benzene rings is 2. The van der Waals surface area contributed by atoms with E-state index in [1.807, 2.05) is 35.8 Å². The number of amides is 2. The Bertz CT molecular complexity index is 3290. The molecule has 19 nitrogen and oxygen atoms in total. The van der Waals surface area contributed by atoms with Gasteiger partial charge in [-0.3, -0.25) is 19.2 Å². The van der Waals surface area contributed by atoms with Gasteiger partial charge in [-0.1, -0.05) is 87.8 Å². The highest BCUT2D eigenvalue weighted by molar-refractivity contribution is 7.90. The van der Waals surface area contributed by atoms with Crippen molar-refractivity contribution in [3.63, 3.8) is 0 Å². The van der Waals surface area contributed by atoms with E-state index < -0.39 is 55.0 Å². The Labute approximate surface area is 513 Å². The molecule has 8 aliphatic rings. The van der Waals surface area contributed by atoms with Crippen LogP contribution in [0.2, 0.25) is 0 Å². The van der Waals surface area contributed by atoms with E-state index in [1.165, 1.54) is 63.5 Å². The van der Waals surface area contributed by atoms with Gasteiger partial charge in [0.1, 0.15) is 29.2 Å². The zero-order valence-electron chi connectivity index (χ0n) is 50.6. The van der Waals surface area contributed by atoms with Crippen LogP contribution in [0.4, 0.5) is 11.6 Å². The van der Waals surface area contributed by atoms with Crippen LogP contribution in [0.3, 0.4) is 0 Å². The Kier molecular flexibility index (Phi) is 20.5. The molecule has 0 unspecified atom stereocenters. The fourth-order valence-corrected chi connectivity index (χ4v) is 15.2. The highest BCUT2D eigenvalue weighted by Crippen LogP contribution is 2.47. The summed E-state index contributed by atoms with van der Waals surface area (Å²) in [6, 6.07) is 21.6. The van der Waals surface area contributed by atoms with Crippen molar-refractivity contribution in [3.8, 4) is 11.5 Å². The van der Waals surface area contributed by atoms with E-state index in [-0.39, 0.29) is 34.1 Å². The number of nitrogens with one attached hydrogen (secondary N) is 2. The number of pyridine rings is 2. The van der Waals surface area contributed by atoms with Crippen LogP contribution in [0.5, 0.6) is 11.5 Å². The third kappa shape index (κ3) is 16.3. The second kappa shape index (κ2) is 28.0. The number of carbonyl (C=O) groups excluding carboxylic acids is 3. The molecular weight excluding hydrogens is 1150 g/mol. The largest absolute Gasteiger partial charge is 0.481 e. The number of aryl methyl sites for hydroxylation is 2. The molecule has 4 aromatic rings. The highest BCUT2D eigenvalue weighted by atomic mass is 32.2. The molecule has 4 heterocycles. The minimum Gasteiger partial charge on any atom is -0.481 e. The van der Waals surface area contributed by atoms with E-state index in [4.69, 9.17) is 19.3 Å². The maximum atomic E-state index is 13.4. The lowest BCUT2D eigenvalue weighted by Gasteiger charge is -2.32. The molecule has 0 spiro atoms. The van der Waals surface area contributed by atoms with Gasteiger partial charge in [-0.15, -0.1) is 0 Å². The second-order valence-corrected chi connectivity index (χ2v) is 28.9. The average molecular weight is 1240 g/mol. The lowest BCUT2D eigenvalue weighted by Crippen LogP contribution is -2.44. The summed E-state index contributed by atoms with van der Waals surface area (Å²) in [4.78, 5) is 63.1. The van der Waals surface area contributed by atoms with Crippen molar-refractivity contribution in [1.82, 2.24) is 19.4 Å². The maximum absolute atomic E-state index is 13.4. The Morgan fingerprint density at radius 1 is 0.517 bits per heavy atom. The molecule has 21 heteroatoms. The Morgan fingerprint density at radius 2 is 0.908 bits per heavy atom. The van der Waals surface area contributed by atoms with Crippen LogP contribution in [-0.2, 0) is 44.0 Å². The zero-order chi connectivity index (χ0) is 61.3. The fraction of sp³-hybridized carbons (Fsp3) is 0.606. The summed E-state index contributed by atoms with van der Waals surface area (Å²) in [5.41, 5.74) is 1.86. The summed E-state index contributed by atoms with van der Waals surface area (Å²) in [5, 5.41) is 17.5. The molecular formula is C66H88N6O13S2. The number of carboxylic acid groups (broad SMARTS) is 1. The van der Waals surface area contributed by atoms with E-state index >= 15 is 0 Å². The second-order valence-electron chi connectivity index (χ2n) is 25.6. The summed E-state index contributed by atoms with van der Waals surface area (Å²) in [5.74, 6) is 0.265. The summed E-state index contributed by atoms with van der Waals surface area (Å²) >= 11 is 0. The van der Waals surface area contributed by atoms with Gasteiger partial charge in [0.05, 0.1) is 17.9 Å². The maximum Gasteiger partial charge on any atom is 0.309 e. The number of hydrogen-bond acceptors (Lipinski definition) is 16. The van der Waals surface area contributed by atoms with Gasteiger partial charge >= 0.3 is 11.9 Å². The number of aromatic nitrogens is 2. The summed E-state index contributed by atoms with van der Waals surface area (Å²) < 4.78 is 75.9. The quantitative estimate of drug-likeness (QED) is 0.0716. The summed E-state index contributed by atoms with van der Waals surface area (Å²) in [6.45, 7) is 6.05. The Balaban J connectivity index is 0.000000176. The molecule has 472 valence electrons. The van der Waals surface area contributed by atoms with E-state index in [0.717, 1.165) is 86.5 Å². The van der Waals surface area contributed by atoms with Crippen LogP contribution in [-0.4, -0.2) is 110 Å². The van der Waals surface area contributed by atoms with E-state index in [0.29, 0.717) is 113 Å². The minimum absolute atomic E-state index is 0.0463. The van der Waals surface area contributed by atoms with Gasteiger partial charge < -0.3 is 34.2 Å². The number of sulfonamides is 2. The predicted molar refractivity (Wildman–Crippen MR) is 329 cm³/mol. The first kappa shape index (κ1) is 63.7. The van der Waals surface area contributed by atoms with Crippen molar-refractivity contribution in [3.05, 3.63) is 95.1 Å². The Hall–Kier alpha value is -6.32. The number of anilines is 2. The number of esters is 1. The number of rotatable bonds is 17. The van der Waals surface area contributed by atoms with Crippen molar-refractivity contribution in [2.24, 2.45) is 11.8 Å². The van der Waals surface area contributed by atoms with E-state index in [9.17, 15) is 41.1 Å². The molecule has 8 fully saturated rings. The standard InChI is InChI=1S/C33H43N3O6S.C28H35N3O6S.C5H10O/c1-23-14-15-27(24-8-3-2-4-9-24)28(22-23)42-33(18-19-33)32(38)35-43(39,40)30-13-7-12-29(34-30)36-20-16-25(17-21-36)31(37)41-26-10-5-6-11-26;1-19-10-11-22(20-6-3-2-4-7-20)23(18-19)37-28(14-15-28)27(34)30-38(35,36)25-9-5-8-24(29-25)31-16-12-21(13-17-31)26(32)33;6-5-3-1-2-4-5/h7,12-15,22,24-26H,2-6,8-11,16-21H2,1H3,(H,35,38);5,8-11,18,20-21H,2-4,6-7,12-17H2,1H3,(H,30,34)(H,32,33);5-6H,1-4H2. The molecule has 6 saturated carbocycles. The van der Waals surface area contributed by atoms with Gasteiger partial charge in [0.15, 0.2) is 21.3 Å². The monoisotopic (exact) mass is 1240 g/mol. The first-order valence-corrected chi connectivity index (χ1v) is 35.0. The highest BCUT2D eigenvalue weighted by Gasteiger charge is 2.56. The number of ether oxygens (including phenoxy) is 3. The van der Waals surface area contributed by atoms with Crippen LogP contribution >= 0.6 is 0 Å². The molecule has 4 N–H and O–H groups in total. The van der Waals surface area contributed by atoms with Crippen molar-refractivity contribution in [2.75, 3.05) is 36.0 Å². The van der Waals surface area contributed by atoms with Crippen LogP contribution in [0.25, 0.3) is 0 Å². The molecule has 12 rings (SSSR count). The number of carbonyl (C=O) groups is 4. The lowest BCUT2D eigenvalue weighted by molar-refractivity contribution is -0.154. The van der Waals surface area contributed by atoms with Crippen molar-refractivity contribution in [2.45, 2.75) is 226 Å². The number of aliphatic hydroxyl groups excluding tert-OH is 1. The lowest BCUT2D eigenvalue weighted by atomic mass is 9.83. The zero-order valence-corrected chi connectivity index (χ0v) is 52.2. The van der Waals surface area contributed by atoms with Crippen LogP contribution in [0.1, 0.15) is 201 Å². The molecule has 2 saturated heterocycles. The van der Waals surface area contributed by atoms with E-state index in [1.54, 1.807) is 24.3 Å². The van der Waals surface area contributed by atoms with E-state index in [2.05, 4.69) is 43.7 Å². The van der Waals surface area contributed by atoms with Gasteiger partial charge in [-0.25, -0.2) is 19.4 Å². The molecule has 0 radical (unpaired) electrons. The number of aliphatic carboxylic acids is 1. The van der Waals surface area contributed by atoms with Gasteiger partial charge in [-0.2, -0.15) is 16.8 Å². The molecule has 0 bridgehead atoms. The van der Waals surface area contributed by atoms with Crippen molar-refractivity contribution in [1.29, 1.82) is 0 Å². The fourth-order valence-electron chi connectivity index (χ4n) is 13.2. The van der Waals surface area contributed by atoms with Gasteiger partial charge in [0.25, 0.3) is 31.9 Å². The van der Waals surface area contributed by atoms with Gasteiger partial charge in [0, 0.05) is 51.9 Å². The third-order valence-corrected chi connectivity index (χ3v) is 21.4. The van der Waals surface area contributed by atoms with Crippen LogP contribution < -0.4 is 28.7 Å². The summed E-state index contributed by atoms with van der Waals surface area (Å²) in [7, 11) is -8.45. The molecule has 87 heavy (non-hydrogen) atoms. The number of nitrogens with zero attached hydrogens (tertiary/aromatic N) is 4. The predicted octanol–water partition coefficient (Wildman–Crippen LogP) is 10.6.